The highest BCUT2D eigenvalue weighted by atomic mass is 16.5. The lowest BCUT2D eigenvalue weighted by Crippen LogP contribution is -2.11. The number of nitrogens with zero attached hydrogens (tertiary/aromatic N) is 2. The molecule has 0 radical (unpaired) electrons. The fourth-order valence-electron chi connectivity index (χ4n) is 2.24. The van der Waals surface area contributed by atoms with Crippen molar-refractivity contribution in [3.63, 3.8) is 0 Å². The van der Waals surface area contributed by atoms with E-state index in [1.807, 2.05) is 35.0 Å². The second kappa shape index (κ2) is 5.78. The van der Waals surface area contributed by atoms with Gasteiger partial charge >= 0.3 is 0 Å². The van der Waals surface area contributed by atoms with Gasteiger partial charge in [0.1, 0.15) is 11.6 Å². The van der Waals surface area contributed by atoms with Gasteiger partial charge in [0.15, 0.2) is 0 Å². The van der Waals surface area contributed by atoms with Gasteiger partial charge in [-0.2, -0.15) is 5.10 Å². The average molecular weight is 259 g/mol. The molecule has 19 heavy (non-hydrogen) atoms. The third-order valence-electron chi connectivity index (χ3n) is 3.44. The van der Waals surface area contributed by atoms with Crippen LogP contribution in [0.4, 0.5) is 5.82 Å². The van der Waals surface area contributed by atoms with Crippen LogP contribution in [0.25, 0.3) is 11.3 Å². The van der Waals surface area contributed by atoms with E-state index >= 15 is 0 Å². The molecule has 2 N–H and O–H groups in total. The zero-order valence-corrected chi connectivity index (χ0v) is 11.8. The SMILES string of the molecule is CCC(CC)n1nc(-c2ccc(OC)cc2)cc1N. The van der Waals surface area contributed by atoms with Crippen molar-refractivity contribution in [3.8, 4) is 17.0 Å². The van der Waals surface area contributed by atoms with Gasteiger partial charge in [0, 0.05) is 11.6 Å². The van der Waals surface area contributed by atoms with Crippen molar-refractivity contribution in [2.75, 3.05) is 12.8 Å². The number of hydrogen-bond donors (Lipinski definition) is 1. The summed E-state index contributed by atoms with van der Waals surface area (Å²) in [5.74, 6) is 1.57. The zero-order chi connectivity index (χ0) is 13.8. The first-order valence-corrected chi connectivity index (χ1v) is 6.69. The van der Waals surface area contributed by atoms with Gasteiger partial charge in [0.2, 0.25) is 0 Å². The lowest BCUT2D eigenvalue weighted by Gasteiger charge is -2.14. The van der Waals surface area contributed by atoms with Crippen molar-refractivity contribution in [2.45, 2.75) is 32.7 Å². The smallest absolute Gasteiger partial charge is 0.122 e. The molecule has 0 aliphatic heterocycles. The van der Waals surface area contributed by atoms with Gasteiger partial charge in [0.25, 0.3) is 0 Å². The summed E-state index contributed by atoms with van der Waals surface area (Å²) in [7, 11) is 1.66. The Bertz CT molecular complexity index is 527. The van der Waals surface area contributed by atoms with Crippen LogP contribution in [0, 0.1) is 0 Å². The van der Waals surface area contributed by atoms with E-state index in [0.717, 1.165) is 35.7 Å². The Morgan fingerprint density at radius 3 is 2.37 bits per heavy atom. The van der Waals surface area contributed by atoms with Crippen molar-refractivity contribution in [1.82, 2.24) is 9.78 Å². The van der Waals surface area contributed by atoms with Gasteiger partial charge in [-0.05, 0) is 37.1 Å². The quantitative estimate of drug-likeness (QED) is 0.894. The monoisotopic (exact) mass is 259 g/mol. The van der Waals surface area contributed by atoms with E-state index < -0.39 is 0 Å². The fourth-order valence-corrected chi connectivity index (χ4v) is 2.24. The number of nitrogen functional groups attached to an aromatic ring is 1. The third kappa shape index (κ3) is 2.72. The second-order valence-electron chi connectivity index (χ2n) is 4.60. The molecule has 0 atom stereocenters. The molecule has 0 unspecified atom stereocenters. The van der Waals surface area contributed by atoms with Crippen molar-refractivity contribution >= 4 is 5.82 Å². The molecule has 2 rings (SSSR count). The Hall–Kier alpha value is -1.97. The maximum atomic E-state index is 6.06. The summed E-state index contributed by atoms with van der Waals surface area (Å²) in [6.07, 6.45) is 2.06. The number of benzene rings is 1. The van der Waals surface area contributed by atoms with Gasteiger partial charge in [-0.25, -0.2) is 4.68 Å². The van der Waals surface area contributed by atoms with Crippen LogP contribution in [-0.2, 0) is 0 Å². The highest BCUT2D eigenvalue weighted by molar-refractivity contribution is 5.63. The number of nitrogens with two attached hydrogens (primary N) is 1. The standard InChI is InChI=1S/C15H21N3O/c1-4-12(5-2)18-15(16)10-14(17-18)11-6-8-13(19-3)9-7-11/h6-10,12H,4-5,16H2,1-3H3. The molecule has 1 aromatic carbocycles. The summed E-state index contributed by atoms with van der Waals surface area (Å²) in [4.78, 5) is 0. The predicted molar refractivity (Wildman–Crippen MR) is 78.2 cm³/mol. The normalized spacial score (nSPS) is 10.9. The lowest BCUT2D eigenvalue weighted by atomic mass is 10.1. The van der Waals surface area contributed by atoms with E-state index in [4.69, 9.17) is 10.5 Å². The minimum atomic E-state index is 0.368. The number of aromatic nitrogens is 2. The molecule has 1 aromatic heterocycles. The third-order valence-corrected chi connectivity index (χ3v) is 3.44. The van der Waals surface area contributed by atoms with E-state index in [1.165, 1.54) is 0 Å². The molecule has 0 saturated heterocycles. The van der Waals surface area contributed by atoms with Crippen LogP contribution in [0.3, 0.4) is 0 Å². The van der Waals surface area contributed by atoms with Crippen LogP contribution in [-0.4, -0.2) is 16.9 Å². The van der Waals surface area contributed by atoms with Crippen LogP contribution < -0.4 is 10.5 Å². The van der Waals surface area contributed by atoms with Crippen molar-refractivity contribution in [1.29, 1.82) is 0 Å². The molecule has 0 aliphatic carbocycles. The van der Waals surface area contributed by atoms with E-state index in [9.17, 15) is 0 Å². The van der Waals surface area contributed by atoms with Crippen LogP contribution >= 0.6 is 0 Å². The summed E-state index contributed by atoms with van der Waals surface area (Å²) in [5.41, 5.74) is 8.02. The number of methoxy groups -OCH3 is 1. The maximum Gasteiger partial charge on any atom is 0.122 e. The summed E-state index contributed by atoms with van der Waals surface area (Å²) < 4.78 is 7.09. The molecule has 4 nitrogen and oxygen atoms in total. The molecule has 0 spiro atoms. The molecule has 4 heteroatoms. The van der Waals surface area contributed by atoms with Crippen LogP contribution in [0.2, 0.25) is 0 Å². The summed E-state index contributed by atoms with van der Waals surface area (Å²) in [6.45, 7) is 4.31. The molecule has 0 aliphatic rings. The average Bonchev–Trinajstić information content (AvgIpc) is 2.83. The Morgan fingerprint density at radius 2 is 1.84 bits per heavy atom. The van der Waals surface area contributed by atoms with E-state index in [-0.39, 0.29) is 0 Å². The van der Waals surface area contributed by atoms with Gasteiger partial charge in [-0.3, -0.25) is 0 Å². The molecule has 102 valence electrons. The molecular formula is C15H21N3O. The second-order valence-corrected chi connectivity index (χ2v) is 4.60. The first kappa shape index (κ1) is 13.5. The molecule has 0 saturated carbocycles. The van der Waals surface area contributed by atoms with Crippen molar-refractivity contribution in [2.24, 2.45) is 0 Å². The highest BCUT2D eigenvalue weighted by Crippen LogP contribution is 2.26. The Kier molecular flexibility index (Phi) is 4.10. The Labute approximate surface area is 114 Å². The summed E-state index contributed by atoms with van der Waals surface area (Å²) in [5, 5.41) is 4.63. The van der Waals surface area contributed by atoms with E-state index in [2.05, 4.69) is 18.9 Å². The predicted octanol–water partition coefficient (Wildman–Crippen LogP) is 3.50. The lowest BCUT2D eigenvalue weighted by molar-refractivity contribution is 0.415. The van der Waals surface area contributed by atoms with Gasteiger partial charge < -0.3 is 10.5 Å². The van der Waals surface area contributed by atoms with E-state index in [0.29, 0.717) is 6.04 Å². The Balaban J connectivity index is 2.32. The first-order valence-electron chi connectivity index (χ1n) is 6.69. The van der Waals surface area contributed by atoms with Crippen molar-refractivity contribution in [3.05, 3.63) is 30.3 Å². The largest absolute Gasteiger partial charge is 0.497 e. The summed E-state index contributed by atoms with van der Waals surface area (Å²) in [6, 6.07) is 10.2. The summed E-state index contributed by atoms with van der Waals surface area (Å²) >= 11 is 0. The van der Waals surface area contributed by atoms with Crippen molar-refractivity contribution < 1.29 is 4.74 Å². The molecule has 0 amide bonds. The zero-order valence-electron chi connectivity index (χ0n) is 11.8. The van der Waals surface area contributed by atoms with Gasteiger partial charge in [-0.15, -0.1) is 0 Å². The minimum Gasteiger partial charge on any atom is -0.497 e. The van der Waals surface area contributed by atoms with Crippen LogP contribution in [0.15, 0.2) is 30.3 Å². The maximum absolute atomic E-state index is 6.06. The van der Waals surface area contributed by atoms with Crippen LogP contribution in [0.5, 0.6) is 5.75 Å². The topological polar surface area (TPSA) is 53.1 Å². The highest BCUT2D eigenvalue weighted by Gasteiger charge is 2.13. The molecular weight excluding hydrogens is 238 g/mol. The van der Waals surface area contributed by atoms with E-state index in [1.54, 1.807) is 7.11 Å². The minimum absolute atomic E-state index is 0.368. The Morgan fingerprint density at radius 1 is 1.21 bits per heavy atom. The van der Waals surface area contributed by atoms with Crippen LogP contribution in [0.1, 0.15) is 32.7 Å². The molecule has 0 bridgehead atoms. The molecule has 0 fully saturated rings. The molecule has 1 heterocycles. The fraction of sp³-hybridized carbons (Fsp3) is 0.400. The van der Waals surface area contributed by atoms with Gasteiger partial charge in [0.05, 0.1) is 18.8 Å². The number of anilines is 1. The number of hydrogen-bond acceptors (Lipinski definition) is 3. The number of ether oxygens (including phenoxy) is 1. The first-order chi connectivity index (χ1) is 9.19. The number of rotatable bonds is 5. The molecule has 2 aromatic rings. The van der Waals surface area contributed by atoms with Gasteiger partial charge in [-0.1, -0.05) is 13.8 Å².